The number of para-hydroxylation sites is 1. The molecule has 4 rings (SSSR count). The Morgan fingerprint density at radius 3 is 2.34 bits per heavy atom. The maximum atomic E-state index is 12.9. The number of hydrogen-bond acceptors (Lipinski definition) is 4. The van der Waals surface area contributed by atoms with Crippen molar-refractivity contribution in [1.82, 2.24) is 0 Å². The zero-order valence-corrected chi connectivity index (χ0v) is 21.5. The molecule has 0 aromatic heterocycles. The predicted molar refractivity (Wildman–Crippen MR) is 137 cm³/mol. The van der Waals surface area contributed by atoms with Crippen LogP contribution in [0.2, 0.25) is 5.02 Å². The van der Waals surface area contributed by atoms with Crippen molar-refractivity contribution in [3.63, 3.8) is 0 Å². The first-order valence-corrected chi connectivity index (χ1v) is 12.3. The number of halogens is 3. The summed E-state index contributed by atoms with van der Waals surface area (Å²) in [5.41, 5.74) is 3.38. The second-order valence-electron chi connectivity index (χ2n) is 7.06. The topological polar surface area (TPSA) is 46.6 Å². The van der Waals surface area contributed by atoms with E-state index >= 15 is 0 Å². The standard InChI is InChI=1S/C24H16Br2ClNO3S/c1-14-6-8-15(9-7-14)13-31-22-17(25)10-16(11-18(22)26)12-21-23(29)28(24(30)32-21)20-5-3-2-4-19(20)27/h2-12H,13H2,1H3/b21-12-. The Hall–Kier alpha value is -2.06. The molecule has 1 aliphatic rings. The Morgan fingerprint density at radius 1 is 1.03 bits per heavy atom. The Labute approximate surface area is 211 Å². The fourth-order valence-electron chi connectivity index (χ4n) is 3.10. The Bertz CT molecular complexity index is 1220. The molecule has 1 heterocycles. The van der Waals surface area contributed by atoms with Crippen molar-refractivity contribution < 1.29 is 14.3 Å². The molecule has 4 nitrogen and oxygen atoms in total. The van der Waals surface area contributed by atoms with Gasteiger partial charge >= 0.3 is 0 Å². The van der Waals surface area contributed by atoms with Crippen molar-refractivity contribution >= 4 is 78.1 Å². The van der Waals surface area contributed by atoms with E-state index in [9.17, 15) is 9.59 Å². The van der Waals surface area contributed by atoms with Gasteiger partial charge in [-0.2, -0.15) is 0 Å². The number of nitrogens with zero attached hydrogens (tertiary/aromatic N) is 1. The highest BCUT2D eigenvalue weighted by atomic mass is 79.9. The number of hydrogen-bond donors (Lipinski definition) is 0. The van der Waals surface area contributed by atoms with Gasteiger partial charge in [0.05, 0.1) is 24.6 Å². The highest BCUT2D eigenvalue weighted by Gasteiger charge is 2.37. The third kappa shape index (κ3) is 4.96. The molecule has 0 radical (unpaired) electrons. The van der Waals surface area contributed by atoms with Crippen molar-refractivity contribution in [2.24, 2.45) is 0 Å². The van der Waals surface area contributed by atoms with Crippen LogP contribution in [-0.4, -0.2) is 11.1 Å². The molecule has 0 N–H and O–H groups in total. The minimum atomic E-state index is -0.403. The third-order valence-corrected chi connectivity index (χ3v) is 7.08. The lowest BCUT2D eigenvalue weighted by molar-refractivity contribution is -0.113. The molecule has 0 bridgehead atoms. The first-order valence-electron chi connectivity index (χ1n) is 9.53. The van der Waals surface area contributed by atoms with Gasteiger partial charge in [-0.15, -0.1) is 0 Å². The number of carbonyl (C=O) groups is 2. The second kappa shape index (κ2) is 9.83. The van der Waals surface area contributed by atoms with Crippen LogP contribution in [0.5, 0.6) is 5.75 Å². The van der Waals surface area contributed by atoms with Crippen LogP contribution in [0.15, 0.2) is 74.5 Å². The molecule has 162 valence electrons. The lowest BCUT2D eigenvalue weighted by atomic mass is 10.1. The summed E-state index contributed by atoms with van der Waals surface area (Å²) in [7, 11) is 0. The van der Waals surface area contributed by atoms with Crippen molar-refractivity contribution in [1.29, 1.82) is 0 Å². The normalized spacial score (nSPS) is 15.0. The molecule has 0 saturated carbocycles. The average Bonchev–Trinajstić information content (AvgIpc) is 3.02. The molecule has 1 aliphatic heterocycles. The molecule has 8 heteroatoms. The van der Waals surface area contributed by atoms with Crippen molar-refractivity contribution in [2.75, 3.05) is 4.90 Å². The van der Waals surface area contributed by atoms with Crippen LogP contribution in [0.25, 0.3) is 6.08 Å². The minimum absolute atomic E-state index is 0.321. The number of anilines is 1. The largest absolute Gasteiger partial charge is 0.487 e. The van der Waals surface area contributed by atoms with Crippen LogP contribution in [0.1, 0.15) is 16.7 Å². The van der Waals surface area contributed by atoms with E-state index in [4.69, 9.17) is 16.3 Å². The summed E-state index contributed by atoms with van der Waals surface area (Å²) < 4.78 is 7.45. The van der Waals surface area contributed by atoms with Crippen LogP contribution in [-0.2, 0) is 11.4 Å². The number of amides is 2. The Kier molecular flexibility index (Phi) is 7.10. The number of carbonyl (C=O) groups excluding carboxylic acids is 2. The number of ether oxygens (including phenoxy) is 1. The Morgan fingerprint density at radius 2 is 1.69 bits per heavy atom. The summed E-state index contributed by atoms with van der Waals surface area (Å²) in [6.07, 6.45) is 1.68. The van der Waals surface area contributed by atoms with E-state index < -0.39 is 5.91 Å². The van der Waals surface area contributed by atoms with E-state index in [0.717, 1.165) is 36.7 Å². The fraction of sp³-hybridized carbons (Fsp3) is 0.0833. The zero-order valence-electron chi connectivity index (χ0n) is 16.8. The van der Waals surface area contributed by atoms with E-state index in [1.807, 2.05) is 43.3 Å². The fourth-order valence-corrected chi connectivity index (χ4v) is 5.61. The number of imide groups is 1. The summed E-state index contributed by atoms with van der Waals surface area (Å²) in [4.78, 5) is 26.8. The molecule has 0 aliphatic carbocycles. The lowest BCUT2D eigenvalue weighted by Crippen LogP contribution is -2.27. The second-order valence-corrected chi connectivity index (χ2v) is 10.2. The quantitative estimate of drug-likeness (QED) is 0.281. The highest BCUT2D eigenvalue weighted by Crippen LogP contribution is 2.40. The van der Waals surface area contributed by atoms with Gasteiger partial charge in [-0.05, 0) is 92.0 Å². The molecular weight excluding hydrogens is 578 g/mol. The summed E-state index contributed by atoms with van der Waals surface area (Å²) in [6, 6.07) is 18.6. The summed E-state index contributed by atoms with van der Waals surface area (Å²) >= 11 is 14.2. The van der Waals surface area contributed by atoms with Crippen molar-refractivity contribution in [2.45, 2.75) is 13.5 Å². The molecule has 1 fully saturated rings. The molecule has 3 aromatic carbocycles. The first-order chi connectivity index (χ1) is 15.3. The van der Waals surface area contributed by atoms with Gasteiger partial charge in [0.25, 0.3) is 11.1 Å². The van der Waals surface area contributed by atoms with Gasteiger partial charge in [-0.25, -0.2) is 4.90 Å². The van der Waals surface area contributed by atoms with E-state index in [2.05, 4.69) is 31.9 Å². The van der Waals surface area contributed by atoms with Gasteiger partial charge in [0.15, 0.2) is 0 Å². The number of aryl methyl sites for hydroxylation is 1. The summed E-state index contributed by atoms with van der Waals surface area (Å²) in [6.45, 7) is 2.47. The lowest BCUT2D eigenvalue weighted by Gasteiger charge is -2.13. The number of benzene rings is 3. The van der Waals surface area contributed by atoms with E-state index in [0.29, 0.717) is 28.0 Å². The maximum absolute atomic E-state index is 12.9. The van der Waals surface area contributed by atoms with Crippen LogP contribution in [0, 0.1) is 6.92 Å². The molecular formula is C24H16Br2ClNO3S. The van der Waals surface area contributed by atoms with Crippen molar-refractivity contribution in [3.8, 4) is 5.75 Å². The van der Waals surface area contributed by atoms with Crippen LogP contribution < -0.4 is 9.64 Å². The molecule has 0 spiro atoms. The summed E-state index contributed by atoms with van der Waals surface area (Å²) in [5.74, 6) is 0.256. The predicted octanol–water partition coefficient (Wildman–Crippen LogP) is 7.99. The molecule has 2 amide bonds. The molecule has 3 aromatic rings. The van der Waals surface area contributed by atoms with Gasteiger partial charge < -0.3 is 4.74 Å². The maximum Gasteiger partial charge on any atom is 0.298 e. The zero-order chi connectivity index (χ0) is 22.8. The van der Waals surface area contributed by atoms with Gasteiger partial charge in [0.1, 0.15) is 12.4 Å². The van der Waals surface area contributed by atoms with Crippen LogP contribution in [0.4, 0.5) is 10.5 Å². The van der Waals surface area contributed by atoms with Gasteiger partial charge in [0, 0.05) is 0 Å². The summed E-state index contributed by atoms with van der Waals surface area (Å²) in [5, 5.41) is -0.0397. The minimum Gasteiger partial charge on any atom is -0.487 e. The third-order valence-electron chi connectivity index (χ3n) is 4.71. The van der Waals surface area contributed by atoms with Crippen LogP contribution in [0.3, 0.4) is 0 Å². The number of thioether (sulfide) groups is 1. The smallest absolute Gasteiger partial charge is 0.298 e. The van der Waals surface area contributed by atoms with Crippen molar-refractivity contribution in [3.05, 3.63) is 96.2 Å². The van der Waals surface area contributed by atoms with Gasteiger partial charge in [0.2, 0.25) is 0 Å². The van der Waals surface area contributed by atoms with E-state index in [1.165, 1.54) is 5.56 Å². The SMILES string of the molecule is Cc1ccc(COc2c(Br)cc(/C=C3\SC(=O)N(c4ccccc4Cl)C3=O)cc2Br)cc1. The van der Waals surface area contributed by atoms with Gasteiger partial charge in [-0.3, -0.25) is 9.59 Å². The molecule has 0 unspecified atom stereocenters. The number of rotatable bonds is 5. The molecule has 0 atom stereocenters. The van der Waals surface area contributed by atoms with E-state index in [-0.39, 0.29) is 5.24 Å². The first kappa shape index (κ1) is 23.1. The monoisotopic (exact) mass is 591 g/mol. The molecule has 32 heavy (non-hydrogen) atoms. The van der Waals surface area contributed by atoms with Crippen LogP contribution >= 0.6 is 55.2 Å². The Balaban J connectivity index is 1.55. The van der Waals surface area contributed by atoms with E-state index in [1.54, 1.807) is 30.3 Å². The molecule has 1 saturated heterocycles. The highest BCUT2D eigenvalue weighted by molar-refractivity contribution is 9.11. The van der Waals surface area contributed by atoms with Gasteiger partial charge in [-0.1, -0.05) is 53.6 Å². The average molecular weight is 594 g/mol.